The summed E-state index contributed by atoms with van der Waals surface area (Å²) in [6.07, 6.45) is -2.02. The lowest BCUT2D eigenvalue weighted by molar-refractivity contribution is -0.256. The number of aliphatic hydroxyl groups is 1. The Morgan fingerprint density at radius 2 is 1.60 bits per heavy atom. The topological polar surface area (TPSA) is 61.4 Å². The molecule has 3 aromatic carbocycles. The molecule has 0 aromatic heterocycles. The number of hydrogen-bond acceptors (Lipinski definition) is 4. The Labute approximate surface area is 232 Å². The smallest absolute Gasteiger partial charge is 0.378 e. The zero-order valence-electron chi connectivity index (χ0n) is 21.9. The molecule has 4 nitrogen and oxygen atoms in total. The van der Waals surface area contributed by atoms with E-state index in [1.807, 2.05) is 0 Å². The molecule has 11 heteroatoms. The van der Waals surface area contributed by atoms with Crippen molar-refractivity contribution >= 4 is 41.7 Å². The van der Waals surface area contributed by atoms with Gasteiger partial charge in [0.2, 0.25) is 6.41 Å². The van der Waals surface area contributed by atoms with Gasteiger partial charge in [-0.2, -0.15) is 24.9 Å². The predicted molar refractivity (Wildman–Crippen MR) is 148 cm³/mol. The van der Waals surface area contributed by atoms with E-state index in [1.165, 1.54) is 62.4 Å². The molecule has 40 heavy (non-hydrogen) atoms. The summed E-state index contributed by atoms with van der Waals surface area (Å²) < 4.78 is 86.7. The number of nitrogens with one attached hydrogen (secondary N) is 2. The lowest BCUT2D eigenvalue weighted by atomic mass is 9.85. The van der Waals surface area contributed by atoms with Crippen LogP contribution in [0.2, 0.25) is 0 Å². The molecular formula is C29H28F6N2O2S. The predicted octanol–water partition coefficient (Wildman–Crippen LogP) is 7.66. The van der Waals surface area contributed by atoms with Crippen LogP contribution in [-0.2, 0) is 4.79 Å². The van der Waals surface area contributed by atoms with Crippen LogP contribution in [0.25, 0.3) is 12.2 Å². The SMILES string of the molecule is CCSCC(O)(C(Nc1cc(F)cc(NC=O)c1/C=C\c1ccc(F)cc1)c1ccc(C)c(F)c1C)C(F)(F)F. The lowest BCUT2D eigenvalue weighted by Gasteiger charge is -2.39. The van der Waals surface area contributed by atoms with E-state index in [4.69, 9.17) is 0 Å². The van der Waals surface area contributed by atoms with Gasteiger partial charge in [-0.3, -0.25) is 4.79 Å². The van der Waals surface area contributed by atoms with Gasteiger partial charge in [-0.25, -0.2) is 13.2 Å². The number of anilines is 2. The highest BCUT2D eigenvalue weighted by Crippen LogP contribution is 2.46. The van der Waals surface area contributed by atoms with E-state index >= 15 is 0 Å². The largest absolute Gasteiger partial charge is 0.420 e. The number of carbonyl (C=O) groups excluding carboxylic acids is 1. The second kappa shape index (κ2) is 12.8. The number of amides is 1. The summed E-state index contributed by atoms with van der Waals surface area (Å²) in [5.41, 5.74) is -3.23. The van der Waals surface area contributed by atoms with Crippen LogP contribution in [0.4, 0.5) is 37.7 Å². The quantitative estimate of drug-likeness (QED) is 0.123. The van der Waals surface area contributed by atoms with Gasteiger partial charge in [0.15, 0.2) is 5.60 Å². The highest BCUT2D eigenvalue weighted by atomic mass is 32.2. The first-order valence-electron chi connectivity index (χ1n) is 12.2. The van der Waals surface area contributed by atoms with Gasteiger partial charge in [0, 0.05) is 17.0 Å². The summed E-state index contributed by atoms with van der Waals surface area (Å²) in [6.45, 7) is 4.39. The van der Waals surface area contributed by atoms with Crippen molar-refractivity contribution in [1.29, 1.82) is 0 Å². The van der Waals surface area contributed by atoms with Gasteiger partial charge in [-0.15, -0.1) is 0 Å². The molecule has 0 aliphatic rings. The molecule has 0 radical (unpaired) electrons. The molecule has 214 valence electrons. The van der Waals surface area contributed by atoms with Crippen molar-refractivity contribution < 1.29 is 36.2 Å². The van der Waals surface area contributed by atoms with E-state index in [9.17, 15) is 36.2 Å². The first-order chi connectivity index (χ1) is 18.8. The van der Waals surface area contributed by atoms with Gasteiger partial charge in [-0.05, 0) is 66.1 Å². The fourth-order valence-electron chi connectivity index (χ4n) is 4.20. The third-order valence-corrected chi connectivity index (χ3v) is 7.45. The van der Waals surface area contributed by atoms with E-state index < -0.39 is 41.0 Å². The van der Waals surface area contributed by atoms with Crippen LogP contribution in [0, 0.1) is 31.3 Å². The van der Waals surface area contributed by atoms with Gasteiger partial charge in [-0.1, -0.05) is 43.3 Å². The highest BCUT2D eigenvalue weighted by molar-refractivity contribution is 7.99. The molecule has 0 saturated heterocycles. The Morgan fingerprint density at radius 1 is 0.950 bits per heavy atom. The van der Waals surface area contributed by atoms with Gasteiger partial charge in [0.25, 0.3) is 0 Å². The summed E-state index contributed by atoms with van der Waals surface area (Å²) in [5, 5.41) is 16.2. The Kier molecular flexibility index (Phi) is 9.96. The van der Waals surface area contributed by atoms with Crippen LogP contribution in [0.5, 0.6) is 0 Å². The van der Waals surface area contributed by atoms with Gasteiger partial charge in [0.1, 0.15) is 17.5 Å². The van der Waals surface area contributed by atoms with Crippen molar-refractivity contribution in [3.05, 3.63) is 93.8 Å². The monoisotopic (exact) mass is 582 g/mol. The van der Waals surface area contributed by atoms with Gasteiger partial charge in [0.05, 0.1) is 11.7 Å². The zero-order valence-corrected chi connectivity index (χ0v) is 22.7. The molecule has 0 fully saturated rings. The highest BCUT2D eigenvalue weighted by Gasteiger charge is 2.59. The number of rotatable bonds is 11. The minimum atomic E-state index is -5.18. The third kappa shape index (κ3) is 6.82. The fourth-order valence-corrected chi connectivity index (χ4v) is 5.04. The molecule has 3 aromatic rings. The van der Waals surface area contributed by atoms with Crippen LogP contribution >= 0.6 is 11.8 Å². The summed E-state index contributed by atoms with van der Waals surface area (Å²) in [6, 6.07) is 7.79. The summed E-state index contributed by atoms with van der Waals surface area (Å²) in [4.78, 5) is 11.3. The molecule has 0 heterocycles. The molecule has 0 aliphatic heterocycles. The Bertz CT molecular complexity index is 1380. The van der Waals surface area contributed by atoms with Crippen molar-refractivity contribution in [1.82, 2.24) is 0 Å². The van der Waals surface area contributed by atoms with Crippen LogP contribution in [0.15, 0.2) is 48.5 Å². The first-order valence-corrected chi connectivity index (χ1v) is 13.3. The van der Waals surface area contributed by atoms with Crippen molar-refractivity contribution in [2.45, 2.75) is 38.6 Å². The van der Waals surface area contributed by atoms with Crippen molar-refractivity contribution in [3.8, 4) is 0 Å². The number of thioether (sulfide) groups is 1. The van der Waals surface area contributed by atoms with E-state index in [1.54, 1.807) is 6.92 Å². The van der Waals surface area contributed by atoms with E-state index in [0.717, 1.165) is 23.9 Å². The third-order valence-electron chi connectivity index (χ3n) is 6.40. The Balaban J connectivity index is 2.27. The molecule has 0 saturated carbocycles. The molecule has 3 rings (SSSR count). The minimum Gasteiger partial charge on any atom is -0.378 e. The first kappa shape index (κ1) is 31.1. The average Bonchev–Trinajstić information content (AvgIpc) is 2.89. The normalized spacial score (nSPS) is 14.2. The maximum Gasteiger partial charge on any atom is 0.420 e. The van der Waals surface area contributed by atoms with Crippen molar-refractivity contribution in [3.63, 3.8) is 0 Å². The number of carbonyl (C=O) groups is 1. The molecule has 2 atom stereocenters. The Morgan fingerprint density at radius 3 is 2.20 bits per heavy atom. The second-order valence-corrected chi connectivity index (χ2v) is 10.4. The molecule has 1 amide bonds. The summed E-state index contributed by atoms with van der Waals surface area (Å²) in [7, 11) is 0. The zero-order chi connectivity index (χ0) is 29.7. The number of hydrogen-bond donors (Lipinski definition) is 3. The minimum absolute atomic E-state index is 0.0701. The number of halogens is 6. The molecule has 2 unspecified atom stereocenters. The maximum atomic E-state index is 14.9. The van der Waals surface area contributed by atoms with E-state index in [2.05, 4.69) is 10.6 Å². The van der Waals surface area contributed by atoms with E-state index in [0.29, 0.717) is 5.56 Å². The van der Waals surface area contributed by atoms with Crippen molar-refractivity contribution in [2.24, 2.45) is 0 Å². The van der Waals surface area contributed by atoms with Crippen LogP contribution in [-0.4, -0.2) is 34.8 Å². The molecule has 0 bridgehead atoms. The second-order valence-electron chi connectivity index (χ2n) is 9.11. The van der Waals surface area contributed by atoms with Crippen LogP contribution < -0.4 is 10.6 Å². The summed E-state index contributed by atoms with van der Waals surface area (Å²) in [5.74, 6) is -2.66. The maximum absolute atomic E-state index is 14.9. The number of alkyl halides is 3. The molecule has 0 spiro atoms. The summed E-state index contributed by atoms with van der Waals surface area (Å²) >= 11 is 0.835. The number of aryl methyl sites for hydroxylation is 1. The van der Waals surface area contributed by atoms with Crippen molar-refractivity contribution in [2.75, 3.05) is 22.1 Å². The van der Waals surface area contributed by atoms with Crippen LogP contribution in [0.3, 0.4) is 0 Å². The lowest BCUT2D eigenvalue weighted by Crippen LogP contribution is -2.55. The average molecular weight is 583 g/mol. The van der Waals surface area contributed by atoms with E-state index in [-0.39, 0.29) is 45.8 Å². The molecular weight excluding hydrogens is 554 g/mol. The standard InChI is InChI=1S/C29H28F6N2O2S/c1-4-40-15-28(39,29(33,34)35)27(22-11-5-17(2)26(32)18(22)3)37-25-14-21(31)13-24(36-16-38)23(25)12-8-19-6-9-20(30)10-7-19/h5-14,16,27,37,39H,4,15H2,1-3H3,(H,36,38)/b12-8-. The van der Waals surface area contributed by atoms with Gasteiger partial charge < -0.3 is 15.7 Å². The fraction of sp³-hybridized carbons (Fsp3) is 0.276. The molecule has 0 aliphatic carbocycles. The Hall–Kier alpha value is -3.44. The molecule has 3 N–H and O–H groups in total. The van der Waals surface area contributed by atoms with Gasteiger partial charge >= 0.3 is 6.18 Å². The van der Waals surface area contributed by atoms with Crippen LogP contribution in [0.1, 0.15) is 40.8 Å². The number of benzene rings is 3.